The highest BCUT2D eigenvalue weighted by atomic mass is 32.2. The summed E-state index contributed by atoms with van der Waals surface area (Å²) in [4.78, 5) is 1.33. The SMILES string of the molecule is C=CC(NC)c1ccc(SCC)cc1. The van der Waals surface area contributed by atoms with Crippen LogP contribution in [0.15, 0.2) is 41.8 Å². The second-order valence-electron chi connectivity index (χ2n) is 3.00. The predicted molar refractivity (Wildman–Crippen MR) is 64.8 cm³/mol. The molecule has 0 heterocycles. The molecule has 1 atom stereocenters. The van der Waals surface area contributed by atoms with E-state index in [1.165, 1.54) is 10.5 Å². The summed E-state index contributed by atoms with van der Waals surface area (Å²) in [5, 5.41) is 3.19. The third-order valence-corrected chi connectivity index (χ3v) is 2.99. The Morgan fingerprint density at radius 3 is 2.50 bits per heavy atom. The molecule has 0 saturated carbocycles. The summed E-state index contributed by atoms with van der Waals surface area (Å²) in [6.45, 7) is 5.96. The minimum Gasteiger partial charge on any atom is -0.310 e. The molecule has 0 spiro atoms. The van der Waals surface area contributed by atoms with Gasteiger partial charge in [0.25, 0.3) is 0 Å². The first-order valence-corrected chi connectivity index (χ1v) is 5.83. The van der Waals surface area contributed by atoms with Gasteiger partial charge >= 0.3 is 0 Å². The Kier molecular flexibility index (Phi) is 4.77. The Morgan fingerprint density at radius 1 is 1.43 bits per heavy atom. The maximum Gasteiger partial charge on any atom is 0.0501 e. The maximum atomic E-state index is 3.80. The van der Waals surface area contributed by atoms with E-state index in [4.69, 9.17) is 0 Å². The van der Waals surface area contributed by atoms with E-state index in [2.05, 4.69) is 43.1 Å². The van der Waals surface area contributed by atoms with Crippen LogP contribution < -0.4 is 5.32 Å². The van der Waals surface area contributed by atoms with E-state index < -0.39 is 0 Å². The standard InChI is InChI=1S/C12H17NS/c1-4-12(13-3)10-6-8-11(9-7-10)14-5-2/h4,6-9,12-13H,1,5H2,2-3H3. The van der Waals surface area contributed by atoms with Gasteiger partial charge < -0.3 is 5.32 Å². The minimum atomic E-state index is 0.260. The van der Waals surface area contributed by atoms with E-state index >= 15 is 0 Å². The molecule has 1 aromatic carbocycles. The van der Waals surface area contributed by atoms with Crippen molar-refractivity contribution in [3.63, 3.8) is 0 Å². The molecule has 0 bridgehead atoms. The van der Waals surface area contributed by atoms with Crippen molar-refractivity contribution in [2.75, 3.05) is 12.8 Å². The van der Waals surface area contributed by atoms with Gasteiger partial charge in [0.05, 0.1) is 6.04 Å². The van der Waals surface area contributed by atoms with Gasteiger partial charge in [0.2, 0.25) is 0 Å². The van der Waals surface area contributed by atoms with Crippen LogP contribution in [0, 0.1) is 0 Å². The minimum absolute atomic E-state index is 0.260. The number of likely N-dealkylation sites (N-methyl/N-ethyl adjacent to an activating group) is 1. The zero-order valence-electron chi connectivity index (χ0n) is 8.79. The molecule has 0 aliphatic rings. The number of benzene rings is 1. The first-order chi connectivity index (χ1) is 6.81. The molecule has 0 saturated heterocycles. The summed E-state index contributed by atoms with van der Waals surface area (Å²) in [5.74, 6) is 1.12. The molecule has 1 aromatic rings. The van der Waals surface area contributed by atoms with Crippen molar-refractivity contribution in [2.45, 2.75) is 17.9 Å². The van der Waals surface area contributed by atoms with E-state index in [0.29, 0.717) is 0 Å². The number of nitrogens with one attached hydrogen (secondary N) is 1. The molecule has 76 valence electrons. The molecule has 2 heteroatoms. The van der Waals surface area contributed by atoms with Crippen molar-refractivity contribution in [3.8, 4) is 0 Å². The molecule has 0 aliphatic carbocycles. The lowest BCUT2D eigenvalue weighted by Crippen LogP contribution is -2.13. The molecule has 1 nitrogen and oxygen atoms in total. The lowest BCUT2D eigenvalue weighted by atomic mass is 10.1. The lowest BCUT2D eigenvalue weighted by Gasteiger charge is -2.11. The van der Waals surface area contributed by atoms with Crippen molar-refractivity contribution in [3.05, 3.63) is 42.5 Å². The van der Waals surface area contributed by atoms with Gasteiger partial charge in [-0.15, -0.1) is 18.3 Å². The van der Waals surface area contributed by atoms with Gasteiger partial charge in [-0.3, -0.25) is 0 Å². The monoisotopic (exact) mass is 207 g/mol. The topological polar surface area (TPSA) is 12.0 Å². The van der Waals surface area contributed by atoms with E-state index in [-0.39, 0.29) is 6.04 Å². The maximum absolute atomic E-state index is 3.80. The Hall–Kier alpha value is -0.730. The van der Waals surface area contributed by atoms with Crippen LogP contribution in [-0.2, 0) is 0 Å². The predicted octanol–water partition coefficient (Wildman–Crippen LogP) is 3.25. The Bertz CT molecular complexity index is 279. The Balaban J connectivity index is 2.76. The molecule has 0 fully saturated rings. The fourth-order valence-electron chi connectivity index (χ4n) is 1.36. The van der Waals surface area contributed by atoms with Crippen LogP contribution in [-0.4, -0.2) is 12.8 Å². The average molecular weight is 207 g/mol. The van der Waals surface area contributed by atoms with Gasteiger partial charge in [-0.1, -0.05) is 25.1 Å². The van der Waals surface area contributed by atoms with Gasteiger partial charge in [-0.2, -0.15) is 0 Å². The molecule has 0 aliphatic heterocycles. The molecule has 1 N–H and O–H groups in total. The molecular formula is C12H17NS. The number of thioether (sulfide) groups is 1. The highest BCUT2D eigenvalue weighted by Crippen LogP contribution is 2.20. The first-order valence-electron chi connectivity index (χ1n) is 4.84. The van der Waals surface area contributed by atoms with Gasteiger partial charge in [0.15, 0.2) is 0 Å². The van der Waals surface area contributed by atoms with Crippen LogP contribution in [0.3, 0.4) is 0 Å². The van der Waals surface area contributed by atoms with Crippen LogP contribution in [0.2, 0.25) is 0 Å². The second-order valence-corrected chi connectivity index (χ2v) is 4.34. The van der Waals surface area contributed by atoms with Crippen molar-refractivity contribution in [1.29, 1.82) is 0 Å². The second kappa shape index (κ2) is 5.89. The summed E-state index contributed by atoms with van der Waals surface area (Å²) >= 11 is 1.86. The quantitative estimate of drug-likeness (QED) is 0.587. The molecule has 0 aromatic heterocycles. The smallest absolute Gasteiger partial charge is 0.0501 e. The molecule has 14 heavy (non-hydrogen) atoms. The molecule has 1 rings (SSSR count). The van der Waals surface area contributed by atoms with Crippen LogP contribution in [0.4, 0.5) is 0 Å². The van der Waals surface area contributed by atoms with Crippen LogP contribution in [0.5, 0.6) is 0 Å². The van der Waals surface area contributed by atoms with Crippen molar-refractivity contribution >= 4 is 11.8 Å². The van der Waals surface area contributed by atoms with Crippen LogP contribution >= 0.6 is 11.8 Å². The van der Waals surface area contributed by atoms with Crippen LogP contribution in [0.1, 0.15) is 18.5 Å². The fraction of sp³-hybridized carbons (Fsp3) is 0.333. The Morgan fingerprint density at radius 2 is 2.07 bits per heavy atom. The lowest BCUT2D eigenvalue weighted by molar-refractivity contribution is 0.716. The highest BCUT2D eigenvalue weighted by molar-refractivity contribution is 7.99. The fourth-order valence-corrected chi connectivity index (χ4v) is 2.02. The van der Waals surface area contributed by atoms with E-state index in [9.17, 15) is 0 Å². The largest absolute Gasteiger partial charge is 0.310 e. The summed E-state index contributed by atoms with van der Waals surface area (Å²) in [5.41, 5.74) is 1.27. The van der Waals surface area contributed by atoms with Crippen LogP contribution in [0.25, 0.3) is 0 Å². The van der Waals surface area contributed by atoms with E-state index in [1.54, 1.807) is 0 Å². The van der Waals surface area contributed by atoms with Gasteiger partial charge in [0, 0.05) is 4.90 Å². The normalized spacial score (nSPS) is 12.4. The molecule has 1 unspecified atom stereocenters. The number of hydrogen-bond acceptors (Lipinski definition) is 2. The highest BCUT2D eigenvalue weighted by Gasteiger charge is 2.03. The zero-order valence-corrected chi connectivity index (χ0v) is 9.60. The summed E-state index contributed by atoms with van der Waals surface area (Å²) in [6.07, 6.45) is 1.92. The zero-order chi connectivity index (χ0) is 10.4. The van der Waals surface area contributed by atoms with Gasteiger partial charge in [0.1, 0.15) is 0 Å². The number of hydrogen-bond donors (Lipinski definition) is 1. The summed E-state index contributed by atoms with van der Waals surface area (Å²) in [6, 6.07) is 8.90. The Labute approximate surface area is 90.6 Å². The third kappa shape index (κ3) is 2.89. The molecule has 0 amide bonds. The molecule has 0 radical (unpaired) electrons. The third-order valence-electron chi connectivity index (χ3n) is 2.10. The van der Waals surface area contributed by atoms with E-state index in [1.807, 2.05) is 24.9 Å². The van der Waals surface area contributed by atoms with E-state index in [0.717, 1.165) is 5.75 Å². The van der Waals surface area contributed by atoms with Gasteiger partial charge in [-0.05, 0) is 30.5 Å². The van der Waals surface area contributed by atoms with Gasteiger partial charge in [-0.25, -0.2) is 0 Å². The summed E-state index contributed by atoms with van der Waals surface area (Å²) < 4.78 is 0. The van der Waals surface area contributed by atoms with Crippen molar-refractivity contribution in [1.82, 2.24) is 5.32 Å². The van der Waals surface area contributed by atoms with Crippen molar-refractivity contribution < 1.29 is 0 Å². The average Bonchev–Trinajstić information content (AvgIpc) is 2.23. The first kappa shape index (κ1) is 11.3. The van der Waals surface area contributed by atoms with Crippen molar-refractivity contribution in [2.24, 2.45) is 0 Å². The summed E-state index contributed by atoms with van der Waals surface area (Å²) in [7, 11) is 1.95. The molecular weight excluding hydrogens is 190 g/mol. The number of rotatable bonds is 5.